The Morgan fingerprint density at radius 1 is 1.41 bits per heavy atom. The molecular formula is C10H9NO6. The van der Waals surface area contributed by atoms with Gasteiger partial charge in [0.2, 0.25) is 0 Å². The zero-order valence-corrected chi connectivity index (χ0v) is 8.87. The molecule has 0 radical (unpaired) electrons. The fourth-order valence-electron chi connectivity index (χ4n) is 1.29. The van der Waals surface area contributed by atoms with Crippen LogP contribution in [0.25, 0.3) is 0 Å². The topological polar surface area (TPSA) is 107 Å². The Kier molecular flexibility index (Phi) is 3.76. The molecule has 90 valence electrons. The van der Waals surface area contributed by atoms with E-state index in [1.165, 1.54) is 6.07 Å². The molecule has 1 N–H and O–H groups in total. The van der Waals surface area contributed by atoms with Crippen molar-refractivity contribution in [3.8, 4) is 0 Å². The van der Waals surface area contributed by atoms with Gasteiger partial charge in [-0.2, -0.15) is 0 Å². The maximum Gasteiger partial charge on any atom is 0.338 e. The Labute approximate surface area is 95.8 Å². The van der Waals surface area contributed by atoms with Gasteiger partial charge in [0.1, 0.15) is 0 Å². The molecule has 1 aromatic carbocycles. The molecule has 1 aromatic rings. The summed E-state index contributed by atoms with van der Waals surface area (Å²) in [7, 11) is 1.14. The van der Waals surface area contributed by atoms with Crippen LogP contribution in [0.1, 0.15) is 15.9 Å². The van der Waals surface area contributed by atoms with Gasteiger partial charge in [-0.15, -0.1) is 0 Å². The van der Waals surface area contributed by atoms with Gasteiger partial charge in [-0.3, -0.25) is 14.9 Å². The van der Waals surface area contributed by atoms with Crippen molar-refractivity contribution in [3.05, 3.63) is 39.4 Å². The summed E-state index contributed by atoms with van der Waals surface area (Å²) in [5.74, 6) is -1.89. The number of esters is 1. The first kappa shape index (κ1) is 12.6. The van der Waals surface area contributed by atoms with E-state index in [0.29, 0.717) is 0 Å². The zero-order valence-electron chi connectivity index (χ0n) is 8.87. The van der Waals surface area contributed by atoms with Crippen LogP contribution in [0.3, 0.4) is 0 Å². The predicted molar refractivity (Wildman–Crippen MR) is 55.8 cm³/mol. The molecule has 0 aliphatic carbocycles. The average Bonchev–Trinajstić information content (AvgIpc) is 2.26. The van der Waals surface area contributed by atoms with Crippen LogP contribution in [-0.4, -0.2) is 29.1 Å². The normalized spacial score (nSPS) is 9.71. The van der Waals surface area contributed by atoms with E-state index >= 15 is 0 Å². The number of carbonyl (C=O) groups is 2. The second kappa shape index (κ2) is 5.06. The van der Waals surface area contributed by atoms with Gasteiger partial charge >= 0.3 is 11.9 Å². The minimum Gasteiger partial charge on any atom is -0.481 e. The number of benzene rings is 1. The number of nitro benzene ring substituents is 1. The number of methoxy groups -OCH3 is 1. The molecule has 0 aromatic heterocycles. The quantitative estimate of drug-likeness (QED) is 0.477. The maximum atomic E-state index is 11.2. The van der Waals surface area contributed by atoms with E-state index in [4.69, 9.17) is 5.11 Å². The number of non-ortho nitro benzene ring substituents is 1. The molecular weight excluding hydrogens is 230 g/mol. The molecule has 0 aliphatic heterocycles. The molecule has 7 heteroatoms. The van der Waals surface area contributed by atoms with Crippen molar-refractivity contribution in [1.29, 1.82) is 0 Å². The number of aliphatic carboxylic acids is 1. The van der Waals surface area contributed by atoms with E-state index in [-0.39, 0.29) is 16.8 Å². The minimum absolute atomic E-state index is 0.0436. The van der Waals surface area contributed by atoms with Gasteiger partial charge in [0, 0.05) is 12.1 Å². The van der Waals surface area contributed by atoms with Gasteiger partial charge in [-0.1, -0.05) is 0 Å². The van der Waals surface area contributed by atoms with Crippen LogP contribution in [-0.2, 0) is 16.0 Å². The van der Waals surface area contributed by atoms with E-state index in [1.807, 2.05) is 0 Å². The van der Waals surface area contributed by atoms with Crippen molar-refractivity contribution in [3.63, 3.8) is 0 Å². The van der Waals surface area contributed by atoms with E-state index in [9.17, 15) is 19.7 Å². The fraction of sp³-hybridized carbons (Fsp3) is 0.200. The minimum atomic E-state index is -1.14. The van der Waals surface area contributed by atoms with Crippen molar-refractivity contribution in [2.75, 3.05) is 7.11 Å². The summed E-state index contributed by atoms with van der Waals surface area (Å²) < 4.78 is 4.42. The third-order valence-electron chi connectivity index (χ3n) is 1.96. The first-order chi connectivity index (χ1) is 7.93. The second-order valence-corrected chi connectivity index (χ2v) is 3.21. The lowest BCUT2D eigenvalue weighted by atomic mass is 10.1. The fourth-order valence-corrected chi connectivity index (χ4v) is 1.29. The van der Waals surface area contributed by atoms with E-state index in [1.54, 1.807) is 0 Å². The number of nitro groups is 1. The number of carboxylic acids is 1. The van der Waals surface area contributed by atoms with Crippen molar-refractivity contribution >= 4 is 17.6 Å². The molecule has 0 saturated carbocycles. The summed E-state index contributed by atoms with van der Waals surface area (Å²) in [5.41, 5.74) is -0.214. The van der Waals surface area contributed by atoms with Crippen LogP contribution in [0.15, 0.2) is 18.2 Å². The molecule has 0 saturated heterocycles. The van der Waals surface area contributed by atoms with E-state index in [0.717, 1.165) is 19.2 Å². The third-order valence-corrected chi connectivity index (χ3v) is 1.96. The van der Waals surface area contributed by atoms with Gasteiger partial charge in [0.05, 0.1) is 24.0 Å². The number of hydrogen-bond acceptors (Lipinski definition) is 5. The molecule has 7 nitrogen and oxygen atoms in total. The van der Waals surface area contributed by atoms with Crippen molar-refractivity contribution in [2.24, 2.45) is 0 Å². The van der Waals surface area contributed by atoms with Crippen LogP contribution in [0, 0.1) is 10.1 Å². The highest BCUT2D eigenvalue weighted by Crippen LogP contribution is 2.18. The number of carbonyl (C=O) groups excluding carboxylic acids is 1. The summed E-state index contributed by atoms with van der Waals surface area (Å²) in [6.45, 7) is 0. The van der Waals surface area contributed by atoms with Crippen LogP contribution >= 0.6 is 0 Å². The highest BCUT2D eigenvalue weighted by atomic mass is 16.6. The Bertz CT molecular complexity index is 482. The van der Waals surface area contributed by atoms with Gasteiger partial charge < -0.3 is 9.84 Å². The lowest BCUT2D eigenvalue weighted by molar-refractivity contribution is -0.384. The SMILES string of the molecule is COC(=O)c1cc(CC(=O)O)cc([N+](=O)[O-])c1. The summed E-state index contributed by atoms with van der Waals surface area (Å²) >= 11 is 0. The average molecular weight is 239 g/mol. The van der Waals surface area contributed by atoms with Gasteiger partial charge in [0.15, 0.2) is 0 Å². The lowest BCUT2D eigenvalue weighted by Crippen LogP contribution is -2.06. The molecule has 17 heavy (non-hydrogen) atoms. The Balaban J connectivity index is 3.23. The van der Waals surface area contributed by atoms with Crippen molar-refractivity contribution in [2.45, 2.75) is 6.42 Å². The molecule has 1 rings (SSSR count). The summed E-state index contributed by atoms with van der Waals surface area (Å²) in [6.07, 6.45) is -0.397. The number of nitrogens with zero attached hydrogens (tertiary/aromatic N) is 1. The Hall–Kier alpha value is -2.44. The van der Waals surface area contributed by atoms with E-state index < -0.39 is 23.3 Å². The van der Waals surface area contributed by atoms with Crippen LogP contribution < -0.4 is 0 Å². The van der Waals surface area contributed by atoms with Crippen LogP contribution in [0.5, 0.6) is 0 Å². The van der Waals surface area contributed by atoms with Crippen molar-refractivity contribution < 1.29 is 24.4 Å². The third kappa shape index (κ3) is 3.26. The standard InChI is InChI=1S/C10H9NO6/c1-17-10(14)7-2-6(4-9(12)13)3-8(5-7)11(15)16/h2-3,5H,4H2,1H3,(H,12,13). The van der Waals surface area contributed by atoms with Gasteiger partial charge in [-0.05, 0) is 11.6 Å². The molecule has 0 aliphatic rings. The largest absolute Gasteiger partial charge is 0.481 e. The highest BCUT2D eigenvalue weighted by molar-refractivity contribution is 5.90. The summed E-state index contributed by atoms with van der Waals surface area (Å²) in [4.78, 5) is 31.7. The molecule has 0 heterocycles. The Morgan fingerprint density at radius 2 is 2.06 bits per heavy atom. The molecule has 0 unspecified atom stereocenters. The number of carboxylic acid groups (broad SMARTS) is 1. The zero-order chi connectivity index (χ0) is 13.0. The van der Waals surface area contributed by atoms with Crippen LogP contribution in [0.2, 0.25) is 0 Å². The van der Waals surface area contributed by atoms with Crippen LogP contribution in [0.4, 0.5) is 5.69 Å². The smallest absolute Gasteiger partial charge is 0.338 e. The second-order valence-electron chi connectivity index (χ2n) is 3.21. The number of hydrogen-bond donors (Lipinski definition) is 1. The summed E-state index contributed by atoms with van der Waals surface area (Å²) in [5, 5.41) is 19.2. The molecule has 0 atom stereocenters. The summed E-state index contributed by atoms with van der Waals surface area (Å²) in [6, 6.07) is 3.41. The van der Waals surface area contributed by atoms with E-state index in [2.05, 4.69) is 4.74 Å². The molecule has 0 bridgehead atoms. The first-order valence-electron chi connectivity index (χ1n) is 4.52. The Morgan fingerprint density at radius 3 is 2.53 bits per heavy atom. The predicted octanol–water partition coefficient (Wildman–Crippen LogP) is 1.01. The first-order valence-corrected chi connectivity index (χ1v) is 4.52. The number of rotatable bonds is 4. The van der Waals surface area contributed by atoms with Gasteiger partial charge in [-0.25, -0.2) is 4.79 Å². The van der Waals surface area contributed by atoms with Crippen molar-refractivity contribution in [1.82, 2.24) is 0 Å². The maximum absolute atomic E-state index is 11.2. The highest BCUT2D eigenvalue weighted by Gasteiger charge is 2.15. The molecule has 0 spiro atoms. The number of ether oxygens (including phenoxy) is 1. The molecule has 0 amide bonds. The van der Waals surface area contributed by atoms with Gasteiger partial charge in [0.25, 0.3) is 5.69 Å². The molecule has 0 fully saturated rings. The lowest BCUT2D eigenvalue weighted by Gasteiger charge is -2.02. The monoisotopic (exact) mass is 239 g/mol.